The highest BCUT2D eigenvalue weighted by Gasteiger charge is 2.27. The number of fused-ring (bicyclic) bond motifs is 1. The van der Waals surface area contributed by atoms with E-state index in [1.165, 1.54) is 24.9 Å². The highest BCUT2D eigenvalue weighted by molar-refractivity contribution is 6.07. The molecule has 1 saturated heterocycles. The van der Waals surface area contributed by atoms with E-state index in [0.717, 1.165) is 0 Å². The zero-order valence-electron chi connectivity index (χ0n) is 22.1. The van der Waals surface area contributed by atoms with Crippen LogP contribution in [0.5, 0.6) is 17.2 Å². The van der Waals surface area contributed by atoms with E-state index in [2.05, 4.69) is 0 Å². The fourth-order valence-corrected chi connectivity index (χ4v) is 4.93. The SMILES string of the molecule is CCOc1ccc(-n2cc(C(=O)N3CCN(c4ccccc4F)CC3)c3cc(OC)c(OC)cc3c2=O)cc1. The van der Waals surface area contributed by atoms with E-state index in [4.69, 9.17) is 14.2 Å². The third-order valence-electron chi connectivity index (χ3n) is 6.94. The molecule has 1 aromatic heterocycles. The third-order valence-corrected chi connectivity index (χ3v) is 6.94. The van der Waals surface area contributed by atoms with Crippen LogP contribution in [0.1, 0.15) is 17.3 Å². The van der Waals surface area contributed by atoms with Gasteiger partial charge in [0, 0.05) is 43.4 Å². The summed E-state index contributed by atoms with van der Waals surface area (Å²) >= 11 is 0. The number of rotatable bonds is 7. The number of ether oxygens (including phenoxy) is 3. The summed E-state index contributed by atoms with van der Waals surface area (Å²) in [5.41, 5.74) is 1.18. The summed E-state index contributed by atoms with van der Waals surface area (Å²) in [4.78, 5) is 31.3. The van der Waals surface area contributed by atoms with Crippen molar-refractivity contribution in [2.24, 2.45) is 0 Å². The quantitative estimate of drug-likeness (QED) is 0.350. The molecule has 1 aliphatic heterocycles. The highest BCUT2D eigenvalue weighted by Crippen LogP contribution is 2.33. The first-order chi connectivity index (χ1) is 18.9. The highest BCUT2D eigenvalue weighted by atomic mass is 19.1. The average Bonchev–Trinajstić information content (AvgIpc) is 2.97. The Morgan fingerprint density at radius 3 is 2.15 bits per heavy atom. The number of hydrogen-bond acceptors (Lipinski definition) is 6. The maximum absolute atomic E-state index is 14.3. The lowest BCUT2D eigenvalue weighted by atomic mass is 10.0. The Bertz CT molecular complexity index is 1560. The molecular formula is C30H30FN3O5. The van der Waals surface area contributed by atoms with Crippen molar-refractivity contribution in [2.75, 3.05) is 51.9 Å². The Balaban J connectivity index is 1.55. The van der Waals surface area contributed by atoms with E-state index in [0.29, 0.717) is 77.7 Å². The second kappa shape index (κ2) is 11.1. The first-order valence-corrected chi connectivity index (χ1v) is 12.8. The van der Waals surface area contributed by atoms with E-state index in [1.807, 2.05) is 11.8 Å². The number of benzene rings is 3. The molecule has 202 valence electrons. The number of methoxy groups -OCH3 is 2. The average molecular weight is 532 g/mol. The van der Waals surface area contributed by atoms with Crippen molar-refractivity contribution in [2.45, 2.75) is 6.92 Å². The maximum Gasteiger partial charge on any atom is 0.263 e. The lowest BCUT2D eigenvalue weighted by Crippen LogP contribution is -2.49. The number of carbonyl (C=O) groups is 1. The standard InChI is InChI=1S/C30H30FN3O5/c1-4-39-21-11-9-20(10-12-21)34-19-24(22-17-27(37-2)28(38-3)18-23(22)30(34)36)29(35)33-15-13-32(14-16-33)26-8-6-5-7-25(26)31/h5-12,17-19H,4,13-16H2,1-3H3. The van der Waals surface area contributed by atoms with Gasteiger partial charge in [0.1, 0.15) is 11.6 Å². The van der Waals surface area contributed by atoms with Crippen molar-refractivity contribution < 1.29 is 23.4 Å². The minimum atomic E-state index is -0.295. The van der Waals surface area contributed by atoms with Crippen LogP contribution < -0.4 is 24.7 Å². The number of para-hydroxylation sites is 1. The van der Waals surface area contributed by atoms with Gasteiger partial charge in [0.05, 0.1) is 37.5 Å². The van der Waals surface area contributed by atoms with Gasteiger partial charge in [-0.1, -0.05) is 12.1 Å². The number of nitrogens with zero attached hydrogens (tertiary/aromatic N) is 3. The van der Waals surface area contributed by atoms with Gasteiger partial charge in [0.15, 0.2) is 11.5 Å². The summed E-state index contributed by atoms with van der Waals surface area (Å²) in [5.74, 6) is 0.988. The smallest absolute Gasteiger partial charge is 0.263 e. The Kier molecular flexibility index (Phi) is 7.40. The Morgan fingerprint density at radius 2 is 1.54 bits per heavy atom. The van der Waals surface area contributed by atoms with Crippen LogP contribution in [0.15, 0.2) is 71.7 Å². The molecule has 0 atom stereocenters. The topological polar surface area (TPSA) is 73.2 Å². The molecule has 3 aromatic carbocycles. The van der Waals surface area contributed by atoms with Crippen molar-refractivity contribution in [1.29, 1.82) is 0 Å². The molecule has 8 nitrogen and oxygen atoms in total. The molecule has 5 rings (SSSR count). The van der Waals surface area contributed by atoms with E-state index in [1.54, 1.807) is 65.7 Å². The molecule has 0 N–H and O–H groups in total. The van der Waals surface area contributed by atoms with E-state index in [9.17, 15) is 14.0 Å². The molecule has 2 heterocycles. The largest absolute Gasteiger partial charge is 0.494 e. The van der Waals surface area contributed by atoms with Gasteiger partial charge in [-0.2, -0.15) is 0 Å². The van der Waals surface area contributed by atoms with Crippen molar-refractivity contribution in [3.63, 3.8) is 0 Å². The predicted octanol–water partition coefficient (Wildman–Crippen LogP) is 4.51. The molecule has 39 heavy (non-hydrogen) atoms. The van der Waals surface area contributed by atoms with Crippen molar-refractivity contribution in [3.8, 4) is 22.9 Å². The van der Waals surface area contributed by atoms with Crippen molar-refractivity contribution >= 4 is 22.4 Å². The van der Waals surface area contributed by atoms with Crippen LogP contribution in [0.2, 0.25) is 0 Å². The minimum absolute atomic E-state index is 0.222. The summed E-state index contributed by atoms with van der Waals surface area (Å²) in [6.07, 6.45) is 1.58. The molecule has 0 saturated carbocycles. The monoisotopic (exact) mass is 531 g/mol. The van der Waals surface area contributed by atoms with Gasteiger partial charge in [-0.15, -0.1) is 0 Å². The molecule has 0 radical (unpaired) electrons. The molecule has 0 bridgehead atoms. The van der Waals surface area contributed by atoms with Gasteiger partial charge >= 0.3 is 0 Å². The first-order valence-electron chi connectivity index (χ1n) is 12.8. The van der Waals surface area contributed by atoms with Crippen LogP contribution in [-0.4, -0.2) is 62.4 Å². The molecule has 4 aromatic rings. The molecule has 0 spiro atoms. The zero-order valence-corrected chi connectivity index (χ0v) is 22.1. The number of hydrogen-bond donors (Lipinski definition) is 0. The van der Waals surface area contributed by atoms with Gasteiger partial charge in [0.2, 0.25) is 0 Å². The van der Waals surface area contributed by atoms with Gasteiger partial charge in [-0.05, 0) is 55.5 Å². The van der Waals surface area contributed by atoms with E-state index < -0.39 is 0 Å². The van der Waals surface area contributed by atoms with Crippen LogP contribution in [0, 0.1) is 5.82 Å². The first kappa shape index (κ1) is 26.1. The van der Waals surface area contributed by atoms with Crippen LogP contribution in [0.3, 0.4) is 0 Å². The number of halogens is 1. The summed E-state index contributed by atoms with van der Waals surface area (Å²) in [5, 5.41) is 0.804. The number of aromatic nitrogens is 1. The van der Waals surface area contributed by atoms with E-state index in [-0.39, 0.29) is 17.3 Å². The maximum atomic E-state index is 14.3. The lowest BCUT2D eigenvalue weighted by Gasteiger charge is -2.36. The summed E-state index contributed by atoms with van der Waals surface area (Å²) < 4.78 is 32.3. The number of amides is 1. The summed E-state index contributed by atoms with van der Waals surface area (Å²) in [6, 6.07) is 17.0. The number of pyridine rings is 1. The normalized spacial score (nSPS) is 13.4. The summed E-state index contributed by atoms with van der Waals surface area (Å²) in [7, 11) is 3.01. The molecule has 0 aliphatic carbocycles. The van der Waals surface area contributed by atoms with Gasteiger partial charge in [-0.25, -0.2) is 4.39 Å². The van der Waals surface area contributed by atoms with Crippen LogP contribution in [0.25, 0.3) is 16.5 Å². The van der Waals surface area contributed by atoms with Gasteiger partial charge in [0.25, 0.3) is 11.5 Å². The van der Waals surface area contributed by atoms with Crippen LogP contribution in [0.4, 0.5) is 10.1 Å². The molecule has 1 fully saturated rings. The fraction of sp³-hybridized carbons (Fsp3) is 0.267. The zero-order chi connectivity index (χ0) is 27.5. The lowest BCUT2D eigenvalue weighted by molar-refractivity contribution is 0.0748. The van der Waals surface area contributed by atoms with E-state index >= 15 is 0 Å². The Hall–Kier alpha value is -4.53. The molecule has 9 heteroatoms. The van der Waals surface area contributed by atoms with Crippen LogP contribution in [-0.2, 0) is 0 Å². The van der Waals surface area contributed by atoms with Crippen LogP contribution >= 0.6 is 0 Å². The second-order valence-corrected chi connectivity index (χ2v) is 9.13. The number of piperazine rings is 1. The second-order valence-electron chi connectivity index (χ2n) is 9.13. The Morgan fingerprint density at radius 1 is 0.897 bits per heavy atom. The molecule has 1 amide bonds. The third kappa shape index (κ3) is 4.99. The fourth-order valence-electron chi connectivity index (χ4n) is 4.93. The Labute approximate surface area is 225 Å². The molecule has 1 aliphatic rings. The number of carbonyl (C=O) groups excluding carboxylic acids is 1. The van der Waals surface area contributed by atoms with Crippen molar-refractivity contribution in [1.82, 2.24) is 9.47 Å². The summed E-state index contributed by atoms with van der Waals surface area (Å²) in [6.45, 7) is 4.21. The number of anilines is 1. The van der Waals surface area contributed by atoms with Gasteiger partial charge in [-0.3, -0.25) is 14.2 Å². The molecular weight excluding hydrogens is 501 g/mol. The van der Waals surface area contributed by atoms with Crippen molar-refractivity contribution in [3.05, 3.63) is 88.6 Å². The molecule has 0 unspecified atom stereocenters. The minimum Gasteiger partial charge on any atom is -0.494 e. The predicted molar refractivity (Wildman–Crippen MR) is 148 cm³/mol. The van der Waals surface area contributed by atoms with Gasteiger partial charge < -0.3 is 24.0 Å².